The molecular formula is C25H34ClN5O2. The Bertz CT molecular complexity index is 907. The van der Waals surface area contributed by atoms with Crippen molar-refractivity contribution in [3.05, 3.63) is 59.6 Å². The number of nitrogens with zero attached hydrogens (tertiary/aromatic N) is 5. The minimum absolute atomic E-state index is 0.0442. The van der Waals surface area contributed by atoms with E-state index < -0.39 is 0 Å². The summed E-state index contributed by atoms with van der Waals surface area (Å²) in [5, 5.41) is 7.08. The van der Waals surface area contributed by atoms with Crippen molar-refractivity contribution in [2.75, 3.05) is 50.8 Å². The SMILES string of the molecule is CCCN1C(CC)N(CCOc2ccccc2)C(=O)N1N1CCN(c2cccc(Cl)c2)CC1. The number of benzene rings is 2. The molecule has 0 radical (unpaired) electrons. The first-order valence-electron chi connectivity index (χ1n) is 11.9. The number of para-hydroxylation sites is 1. The first-order valence-corrected chi connectivity index (χ1v) is 12.3. The van der Waals surface area contributed by atoms with Crippen LogP contribution in [0.3, 0.4) is 0 Å². The highest BCUT2D eigenvalue weighted by Crippen LogP contribution is 2.28. The van der Waals surface area contributed by atoms with Gasteiger partial charge >= 0.3 is 6.03 Å². The number of ether oxygens (including phenoxy) is 1. The van der Waals surface area contributed by atoms with Gasteiger partial charge in [-0.1, -0.05) is 49.7 Å². The third kappa shape index (κ3) is 5.37. The minimum Gasteiger partial charge on any atom is -0.492 e. The second-order valence-corrected chi connectivity index (χ2v) is 8.84. The summed E-state index contributed by atoms with van der Waals surface area (Å²) in [5.74, 6) is 0.830. The van der Waals surface area contributed by atoms with E-state index >= 15 is 0 Å². The van der Waals surface area contributed by atoms with E-state index in [2.05, 4.69) is 34.8 Å². The maximum Gasteiger partial charge on any atom is 0.351 e. The van der Waals surface area contributed by atoms with Crippen LogP contribution >= 0.6 is 11.6 Å². The first-order chi connectivity index (χ1) is 16.1. The number of carbonyl (C=O) groups is 1. The number of amides is 2. The van der Waals surface area contributed by atoms with Gasteiger partial charge in [-0.15, -0.1) is 0 Å². The van der Waals surface area contributed by atoms with Gasteiger partial charge in [-0.3, -0.25) is 0 Å². The zero-order valence-electron chi connectivity index (χ0n) is 19.6. The van der Waals surface area contributed by atoms with Crippen molar-refractivity contribution in [1.82, 2.24) is 20.0 Å². The molecule has 2 aliphatic rings. The van der Waals surface area contributed by atoms with E-state index in [0.29, 0.717) is 13.2 Å². The van der Waals surface area contributed by atoms with Crippen LogP contribution in [0.25, 0.3) is 0 Å². The maximum absolute atomic E-state index is 13.6. The van der Waals surface area contributed by atoms with Gasteiger partial charge in [-0.25, -0.2) is 4.79 Å². The van der Waals surface area contributed by atoms with Crippen LogP contribution < -0.4 is 9.64 Å². The van der Waals surface area contributed by atoms with Crippen molar-refractivity contribution < 1.29 is 9.53 Å². The van der Waals surface area contributed by atoms with E-state index in [1.165, 1.54) is 0 Å². The summed E-state index contributed by atoms with van der Waals surface area (Å²) in [5.41, 5.74) is 1.13. The zero-order valence-corrected chi connectivity index (χ0v) is 20.3. The molecule has 7 nitrogen and oxygen atoms in total. The predicted octanol–water partition coefficient (Wildman–Crippen LogP) is 4.56. The van der Waals surface area contributed by atoms with Gasteiger partial charge in [-0.2, -0.15) is 15.1 Å². The Morgan fingerprint density at radius 2 is 1.73 bits per heavy atom. The fourth-order valence-electron chi connectivity index (χ4n) is 4.67. The van der Waals surface area contributed by atoms with Crippen molar-refractivity contribution in [3.63, 3.8) is 0 Å². The number of urea groups is 1. The number of anilines is 1. The van der Waals surface area contributed by atoms with Crippen LogP contribution in [0.1, 0.15) is 26.7 Å². The summed E-state index contributed by atoms with van der Waals surface area (Å²) in [6.07, 6.45) is 1.90. The number of hydrazine groups is 2. The summed E-state index contributed by atoms with van der Waals surface area (Å²) in [6.45, 7) is 9.44. The molecule has 2 saturated heterocycles. The molecule has 1 atom stereocenters. The molecule has 2 amide bonds. The number of rotatable bonds is 9. The van der Waals surface area contributed by atoms with Gasteiger partial charge in [0.15, 0.2) is 0 Å². The molecule has 2 aromatic carbocycles. The molecule has 2 aliphatic heterocycles. The molecule has 4 rings (SSSR count). The molecule has 2 aromatic rings. The number of piperazine rings is 1. The fourth-order valence-corrected chi connectivity index (χ4v) is 4.85. The van der Waals surface area contributed by atoms with Crippen molar-refractivity contribution in [1.29, 1.82) is 0 Å². The lowest BCUT2D eigenvalue weighted by Crippen LogP contribution is -2.59. The Morgan fingerprint density at radius 3 is 2.39 bits per heavy atom. The predicted molar refractivity (Wildman–Crippen MR) is 132 cm³/mol. The van der Waals surface area contributed by atoms with Gasteiger partial charge in [0, 0.05) is 43.4 Å². The molecule has 178 valence electrons. The molecule has 0 bridgehead atoms. The van der Waals surface area contributed by atoms with Gasteiger partial charge in [0.05, 0.1) is 6.54 Å². The Hall–Kier alpha value is -2.48. The second kappa shape index (κ2) is 11.1. The minimum atomic E-state index is 0.0442. The number of carbonyl (C=O) groups excluding carboxylic acids is 1. The van der Waals surface area contributed by atoms with Crippen LogP contribution in [0.5, 0.6) is 5.75 Å². The summed E-state index contributed by atoms with van der Waals surface area (Å²) in [6, 6.07) is 17.8. The van der Waals surface area contributed by atoms with E-state index in [0.717, 1.165) is 62.0 Å². The van der Waals surface area contributed by atoms with E-state index in [-0.39, 0.29) is 12.2 Å². The summed E-state index contributed by atoms with van der Waals surface area (Å²) in [7, 11) is 0. The van der Waals surface area contributed by atoms with Crippen LogP contribution in [-0.2, 0) is 0 Å². The molecule has 0 spiro atoms. The number of halogens is 1. The van der Waals surface area contributed by atoms with Gasteiger partial charge < -0.3 is 14.5 Å². The summed E-state index contributed by atoms with van der Waals surface area (Å²) in [4.78, 5) is 17.9. The molecule has 2 heterocycles. The van der Waals surface area contributed by atoms with Crippen molar-refractivity contribution in [3.8, 4) is 5.75 Å². The quantitative estimate of drug-likeness (QED) is 0.536. The third-order valence-electron chi connectivity index (χ3n) is 6.22. The Morgan fingerprint density at radius 1 is 0.970 bits per heavy atom. The topological polar surface area (TPSA) is 42.5 Å². The van der Waals surface area contributed by atoms with E-state index in [1.807, 2.05) is 58.5 Å². The van der Waals surface area contributed by atoms with Crippen LogP contribution in [0.4, 0.5) is 10.5 Å². The molecule has 0 aliphatic carbocycles. The largest absolute Gasteiger partial charge is 0.492 e. The molecule has 2 fully saturated rings. The highest BCUT2D eigenvalue weighted by molar-refractivity contribution is 6.30. The van der Waals surface area contributed by atoms with Crippen LogP contribution in [0.2, 0.25) is 5.02 Å². The van der Waals surface area contributed by atoms with Gasteiger partial charge in [0.2, 0.25) is 0 Å². The second-order valence-electron chi connectivity index (χ2n) is 8.40. The average Bonchev–Trinajstić information content (AvgIpc) is 3.10. The van der Waals surface area contributed by atoms with Gasteiger partial charge in [-0.05, 0) is 43.2 Å². The van der Waals surface area contributed by atoms with E-state index in [4.69, 9.17) is 16.3 Å². The lowest BCUT2D eigenvalue weighted by molar-refractivity contribution is -0.140. The standard InChI is InChI=1S/C25H34ClN5O2/c1-3-13-30-24(4-2)29(18-19-33-23-11-6-5-7-12-23)25(32)31(30)28-16-14-27(15-17-28)22-10-8-9-21(26)20-22/h5-12,20,24H,3-4,13-19H2,1-2H3. The first kappa shape index (κ1) is 23.7. The van der Waals surface area contributed by atoms with Crippen LogP contribution in [0, 0.1) is 0 Å². The van der Waals surface area contributed by atoms with Gasteiger partial charge in [0.25, 0.3) is 0 Å². The molecule has 0 N–H and O–H groups in total. The third-order valence-corrected chi connectivity index (χ3v) is 6.46. The highest BCUT2D eigenvalue weighted by Gasteiger charge is 2.45. The molecule has 0 saturated carbocycles. The molecule has 0 aromatic heterocycles. The lowest BCUT2D eigenvalue weighted by atomic mass is 10.2. The molecule has 8 heteroatoms. The number of hydrogen-bond donors (Lipinski definition) is 0. The van der Waals surface area contributed by atoms with Gasteiger partial charge in [0.1, 0.15) is 18.5 Å². The van der Waals surface area contributed by atoms with Crippen LogP contribution in [-0.4, -0.2) is 78.1 Å². The summed E-state index contributed by atoms with van der Waals surface area (Å²) < 4.78 is 5.90. The molecule has 1 unspecified atom stereocenters. The highest BCUT2D eigenvalue weighted by atomic mass is 35.5. The molecular weight excluding hydrogens is 438 g/mol. The summed E-state index contributed by atoms with van der Waals surface area (Å²) >= 11 is 6.19. The van der Waals surface area contributed by atoms with Crippen molar-refractivity contribution in [2.45, 2.75) is 32.9 Å². The number of hydrogen-bond acceptors (Lipinski definition) is 5. The van der Waals surface area contributed by atoms with Crippen molar-refractivity contribution in [2.24, 2.45) is 0 Å². The normalized spacial score (nSPS) is 20.0. The Kier molecular flexibility index (Phi) is 7.96. The monoisotopic (exact) mass is 471 g/mol. The van der Waals surface area contributed by atoms with Crippen LogP contribution in [0.15, 0.2) is 54.6 Å². The van der Waals surface area contributed by atoms with Crippen molar-refractivity contribution >= 4 is 23.3 Å². The van der Waals surface area contributed by atoms with E-state index in [1.54, 1.807) is 0 Å². The maximum atomic E-state index is 13.6. The smallest absolute Gasteiger partial charge is 0.351 e. The fraction of sp³-hybridized carbons (Fsp3) is 0.480. The Balaban J connectivity index is 1.42. The molecule has 33 heavy (non-hydrogen) atoms. The Labute approximate surface area is 202 Å². The zero-order chi connectivity index (χ0) is 23.2. The average molecular weight is 472 g/mol. The lowest BCUT2D eigenvalue weighted by Gasteiger charge is -2.42. The van der Waals surface area contributed by atoms with E-state index in [9.17, 15) is 4.79 Å².